The predicted octanol–water partition coefficient (Wildman–Crippen LogP) is 5.33. The number of rotatable bonds is 12. The van der Waals surface area contributed by atoms with E-state index in [4.69, 9.17) is 23.2 Å². The molecular formula is C31H33Cl2N3O5S. The third kappa shape index (κ3) is 7.14. The lowest BCUT2D eigenvalue weighted by Gasteiger charge is -2.32. The van der Waals surface area contributed by atoms with E-state index in [9.17, 15) is 22.8 Å². The van der Waals surface area contributed by atoms with Gasteiger partial charge in [0.05, 0.1) is 5.56 Å². The van der Waals surface area contributed by atoms with Crippen LogP contribution in [0.25, 0.3) is 0 Å². The van der Waals surface area contributed by atoms with E-state index in [2.05, 4.69) is 5.32 Å². The molecule has 1 aliphatic rings. The quantitative estimate of drug-likeness (QED) is 0.292. The molecule has 0 aromatic heterocycles. The summed E-state index contributed by atoms with van der Waals surface area (Å²) in [6.45, 7) is 4.17. The van der Waals surface area contributed by atoms with Gasteiger partial charge in [0.2, 0.25) is 11.8 Å². The molecule has 222 valence electrons. The van der Waals surface area contributed by atoms with Gasteiger partial charge >= 0.3 is 0 Å². The van der Waals surface area contributed by atoms with Crippen molar-refractivity contribution in [3.05, 3.63) is 99.5 Å². The van der Waals surface area contributed by atoms with E-state index in [0.29, 0.717) is 22.2 Å². The molecule has 11 heteroatoms. The van der Waals surface area contributed by atoms with Gasteiger partial charge in [-0.05, 0) is 42.2 Å². The van der Waals surface area contributed by atoms with Crippen LogP contribution in [0.5, 0.6) is 0 Å². The Kier molecular flexibility index (Phi) is 10.3. The maximum absolute atomic E-state index is 13.9. The smallest absolute Gasteiger partial charge is 0.269 e. The molecule has 4 rings (SSSR count). The Balaban J connectivity index is 1.60. The van der Waals surface area contributed by atoms with Crippen LogP contribution in [0.2, 0.25) is 10.0 Å². The molecule has 0 saturated carbocycles. The second kappa shape index (κ2) is 13.7. The SMILES string of the molecule is CC(C)CNC(=O)[C@H](Cc1ccccc1)N(Cc1c(Cl)cccc1Cl)C(=O)CCCN1C(=O)c2ccccc2S1(=O)=O. The highest BCUT2D eigenvalue weighted by Crippen LogP contribution is 2.31. The van der Waals surface area contributed by atoms with Gasteiger partial charge in [0.1, 0.15) is 10.9 Å². The van der Waals surface area contributed by atoms with Crippen molar-refractivity contribution in [2.24, 2.45) is 5.92 Å². The summed E-state index contributed by atoms with van der Waals surface area (Å²) in [6, 6.07) is 19.5. The van der Waals surface area contributed by atoms with Crippen LogP contribution < -0.4 is 5.32 Å². The standard InChI is InChI=1S/C31H33Cl2N3O5S/c1-21(2)19-34-30(38)27(18-22-10-4-3-5-11-22)35(20-24-25(32)13-8-14-26(24)33)29(37)16-9-17-36-31(39)23-12-6-7-15-28(23)42(36,40)41/h3-8,10-15,21,27H,9,16-20H2,1-2H3,(H,34,38)/t27-/m0/s1. The molecule has 1 atom stereocenters. The Morgan fingerprint density at radius 2 is 1.57 bits per heavy atom. The van der Waals surface area contributed by atoms with E-state index in [0.717, 1.165) is 9.87 Å². The van der Waals surface area contributed by atoms with Gasteiger partial charge in [-0.1, -0.05) is 85.6 Å². The molecule has 3 aromatic rings. The van der Waals surface area contributed by atoms with Crippen LogP contribution in [0, 0.1) is 5.92 Å². The van der Waals surface area contributed by atoms with Gasteiger partial charge in [0, 0.05) is 48.1 Å². The molecule has 1 N–H and O–H groups in total. The topological polar surface area (TPSA) is 104 Å². The number of benzene rings is 3. The Morgan fingerprint density at radius 3 is 2.21 bits per heavy atom. The fraction of sp³-hybridized carbons (Fsp3) is 0.323. The molecule has 8 nitrogen and oxygen atoms in total. The minimum absolute atomic E-state index is 0.0314. The normalized spacial score (nSPS) is 14.5. The van der Waals surface area contributed by atoms with E-state index >= 15 is 0 Å². The molecule has 0 saturated heterocycles. The van der Waals surface area contributed by atoms with Crippen molar-refractivity contribution in [2.45, 2.75) is 50.6 Å². The Bertz CT molecular complexity index is 1540. The number of nitrogens with one attached hydrogen (secondary N) is 1. The summed E-state index contributed by atoms with van der Waals surface area (Å²) in [5.74, 6) is -1.14. The summed E-state index contributed by atoms with van der Waals surface area (Å²) in [5.41, 5.74) is 1.47. The van der Waals surface area contributed by atoms with Crippen molar-refractivity contribution in [3.63, 3.8) is 0 Å². The van der Waals surface area contributed by atoms with E-state index in [1.54, 1.807) is 30.3 Å². The Labute approximate surface area is 256 Å². The first-order valence-electron chi connectivity index (χ1n) is 13.7. The molecule has 3 aromatic carbocycles. The fourth-order valence-corrected chi connectivity index (χ4v) is 6.92. The number of carbonyl (C=O) groups excluding carboxylic acids is 3. The molecule has 42 heavy (non-hydrogen) atoms. The molecule has 0 radical (unpaired) electrons. The minimum atomic E-state index is -4.00. The van der Waals surface area contributed by atoms with Crippen LogP contribution in [-0.4, -0.2) is 54.5 Å². The monoisotopic (exact) mass is 629 g/mol. The largest absolute Gasteiger partial charge is 0.354 e. The molecule has 3 amide bonds. The summed E-state index contributed by atoms with van der Waals surface area (Å²) in [5, 5.41) is 3.66. The molecule has 0 fully saturated rings. The fourth-order valence-electron chi connectivity index (χ4n) is 4.80. The first-order chi connectivity index (χ1) is 20.0. The molecule has 1 aliphatic heterocycles. The molecule has 0 bridgehead atoms. The number of fused-ring (bicyclic) bond motifs is 1. The summed E-state index contributed by atoms with van der Waals surface area (Å²) < 4.78 is 26.8. The number of halogens is 2. The number of hydrogen-bond donors (Lipinski definition) is 1. The van der Waals surface area contributed by atoms with Gasteiger partial charge < -0.3 is 10.2 Å². The maximum Gasteiger partial charge on any atom is 0.269 e. The van der Waals surface area contributed by atoms with E-state index in [1.165, 1.54) is 17.0 Å². The number of amides is 3. The van der Waals surface area contributed by atoms with Gasteiger partial charge in [-0.15, -0.1) is 0 Å². The van der Waals surface area contributed by atoms with E-state index < -0.39 is 27.9 Å². The third-order valence-electron chi connectivity index (χ3n) is 7.01. The maximum atomic E-state index is 13.9. The summed E-state index contributed by atoms with van der Waals surface area (Å²) in [4.78, 5) is 41.7. The van der Waals surface area contributed by atoms with E-state index in [-0.39, 0.29) is 54.6 Å². The van der Waals surface area contributed by atoms with Crippen molar-refractivity contribution < 1.29 is 22.8 Å². The zero-order valence-corrected chi connectivity index (χ0v) is 25.8. The van der Waals surface area contributed by atoms with E-state index in [1.807, 2.05) is 44.2 Å². The number of nitrogens with zero attached hydrogens (tertiary/aromatic N) is 2. The Morgan fingerprint density at radius 1 is 0.929 bits per heavy atom. The lowest BCUT2D eigenvalue weighted by Crippen LogP contribution is -2.51. The van der Waals surface area contributed by atoms with Crippen molar-refractivity contribution in [2.75, 3.05) is 13.1 Å². The van der Waals surface area contributed by atoms with Gasteiger partial charge in [-0.2, -0.15) is 0 Å². The highest BCUT2D eigenvalue weighted by molar-refractivity contribution is 7.90. The highest BCUT2D eigenvalue weighted by atomic mass is 35.5. The van der Waals surface area contributed by atoms with Gasteiger partial charge in [-0.25, -0.2) is 12.7 Å². The van der Waals surface area contributed by atoms with Crippen molar-refractivity contribution in [3.8, 4) is 0 Å². The second-order valence-electron chi connectivity index (χ2n) is 10.5. The van der Waals surface area contributed by atoms with Crippen LogP contribution in [0.15, 0.2) is 77.7 Å². The van der Waals surface area contributed by atoms with Crippen LogP contribution >= 0.6 is 23.2 Å². The van der Waals surface area contributed by atoms with Gasteiger partial charge in [0.25, 0.3) is 15.9 Å². The molecule has 0 spiro atoms. The summed E-state index contributed by atoms with van der Waals surface area (Å²) >= 11 is 12.9. The first-order valence-corrected chi connectivity index (χ1v) is 15.9. The third-order valence-corrected chi connectivity index (χ3v) is 9.56. The Hall–Kier alpha value is -3.40. The van der Waals surface area contributed by atoms with Crippen LogP contribution in [0.1, 0.15) is 48.2 Å². The van der Waals surface area contributed by atoms with Crippen LogP contribution in [0.3, 0.4) is 0 Å². The number of hydrogen-bond acceptors (Lipinski definition) is 5. The summed E-state index contributed by atoms with van der Waals surface area (Å²) in [6.07, 6.45) is 0.198. The van der Waals surface area contributed by atoms with Gasteiger partial charge in [-0.3, -0.25) is 14.4 Å². The van der Waals surface area contributed by atoms with Gasteiger partial charge in [0.15, 0.2) is 0 Å². The average Bonchev–Trinajstić information content (AvgIpc) is 3.16. The zero-order chi connectivity index (χ0) is 30.4. The summed E-state index contributed by atoms with van der Waals surface area (Å²) in [7, 11) is -4.00. The first kappa shape index (κ1) is 31.5. The molecule has 0 unspecified atom stereocenters. The van der Waals surface area contributed by atoms with Crippen molar-refractivity contribution in [1.29, 1.82) is 0 Å². The number of sulfonamides is 1. The van der Waals surface area contributed by atoms with Crippen molar-refractivity contribution >= 4 is 50.9 Å². The van der Waals surface area contributed by atoms with Crippen molar-refractivity contribution in [1.82, 2.24) is 14.5 Å². The minimum Gasteiger partial charge on any atom is -0.354 e. The predicted molar refractivity (Wildman–Crippen MR) is 163 cm³/mol. The van der Waals surface area contributed by atoms with Crippen LogP contribution in [-0.2, 0) is 32.6 Å². The molecular weight excluding hydrogens is 597 g/mol. The number of carbonyl (C=O) groups is 3. The second-order valence-corrected chi connectivity index (χ2v) is 13.2. The lowest BCUT2D eigenvalue weighted by atomic mass is 10.0. The molecule has 0 aliphatic carbocycles. The highest BCUT2D eigenvalue weighted by Gasteiger charge is 2.40. The molecule has 1 heterocycles. The lowest BCUT2D eigenvalue weighted by molar-refractivity contribution is -0.141. The average molecular weight is 631 g/mol. The zero-order valence-electron chi connectivity index (χ0n) is 23.4. The van der Waals surface area contributed by atoms with Crippen LogP contribution in [0.4, 0.5) is 0 Å².